The van der Waals surface area contributed by atoms with Crippen molar-refractivity contribution in [3.05, 3.63) is 23.7 Å². The zero-order chi connectivity index (χ0) is 13.7. The summed E-state index contributed by atoms with van der Waals surface area (Å²) in [5, 5.41) is 0. The monoisotopic (exact) mass is 291 g/mol. The van der Waals surface area contributed by atoms with E-state index in [1.807, 2.05) is 19.1 Å². The minimum atomic E-state index is 0.316. The highest BCUT2D eigenvalue weighted by Gasteiger charge is 2.42. The highest BCUT2D eigenvalue weighted by Crippen LogP contribution is 2.44. The summed E-state index contributed by atoms with van der Waals surface area (Å²) in [5.41, 5.74) is 2.91. The van der Waals surface area contributed by atoms with Gasteiger partial charge in [0, 0.05) is 12.3 Å². The molecule has 1 aliphatic heterocycles. The molecule has 1 saturated heterocycles. The van der Waals surface area contributed by atoms with Crippen LogP contribution in [-0.2, 0) is 10.6 Å². The number of hydrogen-bond acceptors (Lipinski definition) is 3. The SMILES string of the molecule is Cc1ccc2nc(CCl)n(C3CCOC3C3CC3)c2n1. The van der Waals surface area contributed by atoms with Crippen molar-refractivity contribution >= 4 is 22.8 Å². The zero-order valence-electron chi connectivity index (χ0n) is 11.6. The van der Waals surface area contributed by atoms with Gasteiger partial charge in [0.15, 0.2) is 5.65 Å². The van der Waals surface area contributed by atoms with Gasteiger partial charge in [-0.25, -0.2) is 9.97 Å². The van der Waals surface area contributed by atoms with Crippen LogP contribution in [0.2, 0.25) is 0 Å². The Balaban J connectivity index is 1.86. The number of imidazole rings is 1. The molecule has 2 fully saturated rings. The number of halogens is 1. The molecule has 0 N–H and O–H groups in total. The molecule has 0 radical (unpaired) electrons. The maximum Gasteiger partial charge on any atom is 0.160 e. The Morgan fingerprint density at radius 2 is 2.15 bits per heavy atom. The molecule has 4 rings (SSSR count). The molecule has 2 atom stereocenters. The first kappa shape index (κ1) is 12.6. The smallest absolute Gasteiger partial charge is 0.160 e. The Hall–Kier alpha value is -1.13. The molecule has 2 aliphatic rings. The Morgan fingerprint density at radius 1 is 1.30 bits per heavy atom. The number of alkyl halides is 1. The molecule has 1 saturated carbocycles. The number of hydrogen-bond donors (Lipinski definition) is 0. The molecule has 4 nitrogen and oxygen atoms in total. The topological polar surface area (TPSA) is 39.9 Å². The van der Waals surface area contributed by atoms with Crippen molar-refractivity contribution < 1.29 is 4.74 Å². The van der Waals surface area contributed by atoms with Gasteiger partial charge in [-0.1, -0.05) is 0 Å². The number of nitrogens with zero attached hydrogens (tertiary/aromatic N) is 3. The summed E-state index contributed by atoms with van der Waals surface area (Å²) in [6.07, 6.45) is 3.93. The first-order valence-corrected chi connectivity index (χ1v) is 7.83. The zero-order valence-corrected chi connectivity index (χ0v) is 12.3. The van der Waals surface area contributed by atoms with E-state index < -0.39 is 0 Å². The molecule has 106 valence electrons. The minimum Gasteiger partial charge on any atom is -0.376 e. The molecule has 0 bridgehead atoms. The molecule has 0 amide bonds. The molecule has 0 aromatic carbocycles. The van der Waals surface area contributed by atoms with Crippen molar-refractivity contribution in [3.63, 3.8) is 0 Å². The van der Waals surface area contributed by atoms with Crippen LogP contribution >= 0.6 is 11.6 Å². The predicted molar refractivity (Wildman–Crippen MR) is 77.9 cm³/mol. The molecule has 2 aromatic heterocycles. The van der Waals surface area contributed by atoms with Crippen molar-refractivity contribution in [2.24, 2.45) is 5.92 Å². The largest absolute Gasteiger partial charge is 0.376 e. The van der Waals surface area contributed by atoms with E-state index >= 15 is 0 Å². The van der Waals surface area contributed by atoms with Crippen molar-refractivity contribution in [1.82, 2.24) is 14.5 Å². The van der Waals surface area contributed by atoms with Crippen LogP contribution in [0.25, 0.3) is 11.2 Å². The van der Waals surface area contributed by atoms with E-state index in [0.717, 1.165) is 35.7 Å². The molecule has 0 spiro atoms. The van der Waals surface area contributed by atoms with Crippen LogP contribution in [0.1, 0.15) is 36.8 Å². The van der Waals surface area contributed by atoms with E-state index in [4.69, 9.17) is 16.3 Å². The fraction of sp³-hybridized carbons (Fsp3) is 0.600. The summed E-state index contributed by atoms with van der Waals surface area (Å²) in [7, 11) is 0. The summed E-state index contributed by atoms with van der Waals surface area (Å²) < 4.78 is 8.21. The third kappa shape index (κ3) is 1.93. The number of ether oxygens (including phenoxy) is 1. The van der Waals surface area contributed by atoms with Gasteiger partial charge in [0.25, 0.3) is 0 Å². The molecule has 2 aromatic rings. The maximum atomic E-state index is 6.11. The second kappa shape index (κ2) is 4.71. The van der Waals surface area contributed by atoms with E-state index in [0.29, 0.717) is 23.9 Å². The van der Waals surface area contributed by atoms with Crippen LogP contribution in [-0.4, -0.2) is 27.2 Å². The van der Waals surface area contributed by atoms with Crippen LogP contribution in [0.5, 0.6) is 0 Å². The first-order chi connectivity index (χ1) is 9.78. The van der Waals surface area contributed by atoms with Crippen molar-refractivity contribution in [1.29, 1.82) is 0 Å². The lowest BCUT2D eigenvalue weighted by Gasteiger charge is -2.21. The van der Waals surface area contributed by atoms with Crippen molar-refractivity contribution in [2.75, 3.05) is 6.61 Å². The number of fused-ring (bicyclic) bond motifs is 1. The Labute approximate surface area is 123 Å². The molecular formula is C15H18ClN3O. The van der Waals surface area contributed by atoms with E-state index in [2.05, 4.69) is 14.5 Å². The average molecular weight is 292 g/mol. The second-order valence-corrected chi connectivity index (χ2v) is 6.12. The molecular weight excluding hydrogens is 274 g/mol. The van der Waals surface area contributed by atoms with Crippen LogP contribution in [0, 0.1) is 12.8 Å². The predicted octanol–water partition coefficient (Wildman–Crippen LogP) is 3.22. The van der Waals surface area contributed by atoms with Gasteiger partial charge < -0.3 is 9.30 Å². The summed E-state index contributed by atoms with van der Waals surface area (Å²) in [5.74, 6) is 2.05. The molecule has 20 heavy (non-hydrogen) atoms. The summed E-state index contributed by atoms with van der Waals surface area (Å²) >= 11 is 6.11. The lowest BCUT2D eigenvalue weighted by Crippen LogP contribution is -2.23. The van der Waals surface area contributed by atoms with Gasteiger partial charge in [-0.15, -0.1) is 11.6 Å². The Bertz CT molecular complexity index is 650. The van der Waals surface area contributed by atoms with Gasteiger partial charge in [-0.3, -0.25) is 0 Å². The van der Waals surface area contributed by atoms with Gasteiger partial charge >= 0.3 is 0 Å². The first-order valence-electron chi connectivity index (χ1n) is 7.30. The van der Waals surface area contributed by atoms with E-state index in [-0.39, 0.29) is 0 Å². The highest BCUT2D eigenvalue weighted by atomic mass is 35.5. The van der Waals surface area contributed by atoms with E-state index in [9.17, 15) is 0 Å². The van der Waals surface area contributed by atoms with Crippen LogP contribution in [0.4, 0.5) is 0 Å². The molecule has 3 heterocycles. The van der Waals surface area contributed by atoms with Crippen molar-refractivity contribution in [3.8, 4) is 0 Å². The third-order valence-corrected chi connectivity index (χ3v) is 4.63. The van der Waals surface area contributed by atoms with E-state index in [1.165, 1.54) is 12.8 Å². The number of aromatic nitrogens is 3. The van der Waals surface area contributed by atoms with Gasteiger partial charge in [-0.2, -0.15) is 0 Å². The lowest BCUT2D eigenvalue weighted by atomic mass is 10.1. The average Bonchev–Trinajstić information content (AvgIpc) is 3.07. The molecule has 5 heteroatoms. The Kier molecular flexibility index (Phi) is 2.97. The fourth-order valence-electron chi connectivity index (χ4n) is 3.31. The number of aryl methyl sites for hydroxylation is 1. The maximum absolute atomic E-state index is 6.11. The van der Waals surface area contributed by atoms with Gasteiger partial charge in [-0.05, 0) is 44.2 Å². The third-order valence-electron chi connectivity index (χ3n) is 4.39. The summed E-state index contributed by atoms with van der Waals surface area (Å²) in [6, 6.07) is 4.38. The summed E-state index contributed by atoms with van der Waals surface area (Å²) in [4.78, 5) is 9.33. The normalized spacial score (nSPS) is 26.5. The minimum absolute atomic E-state index is 0.316. The Morgan fingerprint density at radius 3 is 2.90 bits per heavy atom. The second-order valence-electron chi connectivity index (χ2n) is 5.86. The fourth-order valence-corrected chi connectivity index (χ4v) is 3.50. The summed E-state index contributed by atoms with van der Waals surface area (Å²) in [6.45, 7) is 2.85. The standard InChI is InChI=1S/C15H18ClN3O/c1-9-2-5-11-15(17-9)19(13(8-16)18-11)12-6-7-20-14(12)10-3-4-10/h2,5,10,12,14H,3-4,6-8H2,1H3. The lowest BCUT2D eigenvalue weighted by molar-refractivity contribution is 0.0753. The van der Waals surface area contributed by atoms with Gasteiger partial charge in [0.1, 0.15) is 11.3 Å². The number of rotatable bonds is 3. The van der Waals surface area contributed by atoms with Crippen molar-refractivity contribution in [2.45, 2.75) is 44.2 Å². The number of pyridine rings is 1. The quantitative estimate of drug-likeness (QED) is 0.815. The molecule has 1 aliphatic carbocycles. The van der Waals surface area contributed by atoms with Gasteiger partial charge in [0.05, 0.1) is 18.0 Å². The van der Waals surface area contributed by atoms with Crippen LogP contribution < -0.4 is 0 Å². The molecule has 2 unspecified atom stereocenters. The van der Waals surface area contributed by atoms with E-state index in [1.54, 1.807) is 0 Å². The highest BCUT2D eigenvalue weighted by molar-refractivity contribution is 6.16. The van der Waals surface area contributed by atoms with Crippen LogP contribution in [0.15, 0.2) is 12.1 Å². The van der Waals surface area contributed by atoms with Crippen LogP contribution in [0.3, 0.4) is 0 Å². The van der Waals surface area contributed by atoms with Gasteiger partial charge in [0.2, 0.25) is 0 Å².